The predicted octanol–water partition coefficient (Wildman–Crippen LogP) is 4.68. The lowest BCUT2D eigenvalue weighted by atomic mass is 9.98. The van der Waals surface area contributed by atoms with Crippen LogP contribution in [0, 0.1) is 0 Å². The SMILES string of the molecule is CCCCCCOc1ccc([C@@H]2c3c(oc4ccccc4c3=O)C(=O)N2CCCO)cc1. The van der Waals surface area contributed by atoms with Gasteiger partial charge in [0.05, 0.1) is 23.6 Å². The number of aliphatic hydroxyl groups is 1. The molecule has 32 heavy (non-hydrogen) atoms. The third-order valence-corrected chi connectivity index (χ3v) is 5.89. The molecule has 6 nitrogen and oxygen atoms in total. The average molecular weight is 436 g/mol. The van der Waals surface area contributed by atoms with Gasteiger partial charge in [0.1, 0.15) is 11.3 Å². The molecule has 1 aromatic heterocycles. The van der Waals surface area contributed by atoms with Gasteiger partial charge >= 0.3 is 0 Å². The van der Waals surface area contributed by atoms with Crippen LogP contribution < -0.4 is 10.2 Å². The van der Waals surface area contributed by atoms with Crippen LogP contribution in [-0.2, 0) is 0 Å². The topological polar surface area (TPSA) is 80.0 Å². The molecule has 1 atom stereocenters. The number of ether oxygens (including phenoxy) is 1. The van der Waals surface area contributed by atoms with Gasteiger partial charge in [0.15, 0.2) is 5.43 Å². The number of carbonyl (C=O) groups excluding carboxylic acids is 1. The number of aliphatic hydroxyl groups excluding tert-OH is 1. The summed E-state index contributed by atoms with van der Waals surface area (Å²) in [5.41, 5.74) is 1.39. The smallest absolute Gasteiger partial charge is 0.290 e. The third kappa shape index (κ3) is 4.28. The summed E-state index contributed by atoms with van der Waals surface area (Å²) < 4.78 is 11.7. The van der Waals surface area contributed by atoms with Crippen LogP contribution in [0.5, 0.6) is 5.75 Å². The van der Waals surface area contributed by atoms with E-state index < -0.39 is 6.04 Å². The zero-order valence-corrected chi connectivity index (χ0v) is 18.4. The maximum absolute atomic E-state index is 13.4. The molecule has 0 radical (unpaired) electrons. The standard InChI is InChI=1S/C26H29NO5/c1-2-3-4-7-17-31-19-13-11-18(12-14-19)23-22-24(29)20-9-5-6-10-21(20)32-25(22)26(30)27(23)15-8-16-28/h5-6,9-14,23,28H,2-4,7-8,15-17H2,1H3/t23-/m1/s1. The molecule has 1 N–H and O–H groups in total. The Kier molecular flexibility index (Phi) is 6.90. The van der Waals surface area contributed by atoms with Crippen molar-refractivity contribution in [3.63, 3.8) is 0 Å². The van der Waals surface area contributed by atoms with Crippen LogP contribution in [0.15, 0.2) is 57.7 Å². The third-order valence-electron chi connectivity index (χ3n) is 5.89. The molecule has 0 saturated carbocycles. The molecule has 0 unspecified atom stereocenters. The molecule has 2 heterocycles. The van der Waals surface area contributed by atoms with Gasteiger partial charge in [-0.05, 0) is 42.7 Å². The fraction of sp³-hybridized carbons (Fsp3) is 0.385. The van der Waals surface area contributed by atoms with Crippen molar-refractivity contribution in [2.75, 3.05) is 19.8 Å². The van der Waals surface area contributed by atoms with Crippen molar-refractivity contribution in [3.8, 4) is 5.75 Å². The molecule has 1 amide bonds. The van der Waals surface area contributed by atoms with E-state index in [9.17, 15) is 14.7 Å². The molecule has 0 fully saturated rings. The van der Waals surface area contributed by atoms with E-state index in [4.69, 9.17) is 9.15 Å². The number of benzene rings is 2. The summed E-state index contributed by atoms with van der Waals surface area (Å²) >= 11 is 0. The fourth-order valence-corrected chi connectivity index (χ4v) is 4.25. The second-order valence-corrected chi connectivity index (χ2v) is 8.13. The largest absolute Gasteiger partial charge is 0.494 e. The van der Waals surface area contributed by atoms with E-state index >= 15 is 0 Å². The highest BCUT2D eigenvalue weighted by Crippen LogP contribution is 2.38. The van der Waals surface area contributed by atoms with Crippen molar-refractivity contribution in [3.05, 3.63) is 75.6 Å². The van der Waals surface area contributed by atoms with Crippen LogP contribution in [0.25, 0.3) is 11.0 Å². The summed E-state index contributed by atoms with van der Waals surface area (Å²) in [7, 11) is 0. The first-order valence-corrected chi connectivity index (χ1v) is 11.4. The van der Waals surface area contributed by atoms with Gasteiger partial charge in [0.2, 0.25) is 5.76 Å². The summed E-state index contributed by atoms with van der Waals surface area (Å²) in [6, 6.07) is 14.0. The Balaban J connectivity index is 1.66. The van der Waals surface area contributed by atoms with E-state index in [1.54, 1.807) is 29.2 Å². The fourth-order valence-electron chi connectivity index (χ4n) is 4.25. The lowest BCUT2D eigenvalue weighted by Gasteiger charge is -2.25. The van der Waals surface area contributed by atoms with Crippen LogP contribution in [0.1, 0.15) is 66.8 Å². The molecule has 0 spiro atoms. The minimum atomic E-state index is -0.552. The minimum Gasteiger partial charge on any atom is -0.494 e. The molecule has 1 aliphatic heterocycles. The molecular formula is C26H29NO5. The van der Waals surface area contributed by atoms with Crippen molar-refractivity contribution >= 4 is 16.9 Å². The highest BCUT2D eigenvalue weighted by Gasteiger charge is 2.42. The van der Waals surface area contributed by atoms with E-state index in [1.165, 1.54) is 12.8 Å². The number of unbranched alkanes of at least 4 members (excludes halogenated alkanes) is 3. The van der Waals surface area contributed by atoms with E-state index in [0.29, 0.717) is 36.1 Å². The van der Waals surface area contributed by atoms with Crippen molar-refractivity contribution in [2.24, 2.45) is 0 Å². The predicted molar refractivity (Wildman–Crippen MR) is 123 cm³/mol. The Morgan fingerprint density at radius 2 is 1.78 bits per heavy atom. The Morgan fingerprint density at radius 3 is 2.53 bits per heavy atom. The maximum Gasteiger partial charge on any atom is 0.290 e. The molecule has 168 valence electrons. The van der Waals surface area contributed by atoms with Gasteiger partial charge in [-0.2, -0.15) is 0 Å². The highest BCUT2D eigenvalue weighted by molar-refractivity contribution is 5.99. The van der Waals surface area contributed by atoms with Gasteiger partial charge in [-0.25, -0.2) is 0 Å². The molecular weight excluding hydrogens is 406 g/mol. The van der Waals surface area contributed by atoms with Crippen LogP contribution in [0.2, 0.25) is 0 Å². The van der Waals surface area contributed by atoms with Crippen LogP contribution >= 0.6 is 0 Å². The second-order valence-electron chi connectivity index (χ2n) is 8.13. The van der Waals surface area contributed by atoms with Crippen molar-refractivity contribution < 1.29 is 19.1 Å². The first kappa shape index (κ1) is 22.1. The number of hydrogen-bond donors (Lipinski definition) is 1. The second kappa shape index (κ2) is 10.0. The number of carbonyl (C=O) groups is 1. The molecule has 6 heteroatoms. The summed E-state index contributed by atoms with van der Waals surface area (Å²) in [5, 5.41) is 9.79. The normalized spacial score (nSPS) is 15.4. The molecule has 3 aromatic rings. The van der Waals surface area contributed by atoms with Crippen molar-refractivity contribution in [1.82, 2.24) is 4.90 Å². The first-order valence-electron chi connectivity index (χ1n) is 11.4. The molecule has 2 aromatic carbocycles. The quantitative estimate of drug-likeness (QED) is 0.468. The monoisotopic (exact) mass is 435 g/mol. The van der Waals surface area contributed by atoms with Gasteiger partial charge in [-0.1, -0.05) is 50.5 Å². The highest BCUT2D eigenvalue weighted by atomic mass is 16.5. The molecule has 1 aliphatic rings. The maximum atomic E-state index is 13.4. The van der Waals surface area contributed by atoms with Gasteiger partial charge in [-0.3, -0.25) is 9.59 Å². The molecule has 0 saturated heterocycles. The summed E-state index contributed by atoms with van der Waals surface area (Å²) in [6.45, 7) is 3.14. The Labute approximate surface area is 187 Å². The van der Waals surface area contributed by atoms with Crippen LogP contribution in [0.3, 0.4) is 0 Å². The Hall–Kier alpha value is -3.12. The zero-order valence-electron chi connectivity index (χ0n) is 18.4. The minimum absolute atomic E-state index is 0.0407. The van der Waals surface area contributed by atoms with Gasteiger partial charge in [0, 0.05) is 13.2 Å². The summed E-state index contributed by atoms with van der Waals surface area (Å²) in [5.74, 6) is 0.535. The van der Waals surface area contributed by atoms with E-state index in [1.807, 2.05) is 24.3 Å². The van der Waals surface area contributed by atoms with E-state index in [-0.39, 0.29) is 23.7 Å². The number of fused-ring (bicyclic) bond motifs is 2. The van der Waals surface area contributed by atoms with Crippen molar-refractivity contribution in [2.45, 2.75) is 45.1 Å². The molecule has 4 rings (SSSR count). The zero-order chi connectivity index (χ0) is 22.5. The summed E-state index contributed by atoms with van der Waals surface area (Å²) in [6.07, 6.45) is 4.98. The number of hydrogen-bond acceptors (Lipinski definition) is 5. The van der Waals surface area contributed by atoms with E-state index in [2.05, 4.69) is 6.92 Å². The lowest BCUT2D eigenvalue weighted by Crippen LogP contribution is -2.31. The molecule has 0 bridgehead atoms. The van der Waals surface area contributed by atoms with Gasteiger partial charge in [-0.15, -0.1) is 0 Å². The number of para-hydroxylation sites is 1. The van der Waals surface area contributed by atoms with E-state index in [0.717, 1.165) is 24.2 Å². The van der Waals surface area contributed by atoms with Crippen molar-refractivity contribution in [1.29, 1.82) is 0 Å². The van der Waals surface area contributed by atoms with Crippen LogP contribution in [0.4, 0.5) is 0 Å². The van der Waals surface area contributed by atoms with Gasteiger partial charge < -0.3 is 19.2 Å². The molecule has 0 aliphatic carbocycles. The number of amides is 1. The lowest BCUT2D eigenvalue weighted by molar-refractivity contribution is 0.0716. The van der Waals surface area contributed by atoms with Crippen LogP contribution in [-0.4, -0.2) is 35.7 Å². The number of rotatable bonds is 10. The first-order chi connectivity index (χ1) is 15.7. The van der Waals surface area contributed by atoms with Gasteiger partial charge in [0.25, 0.3) is 5.91 Å². The average Bonchev–Trinajstić information content (AvgIpc) is 3.10. The number of nitrogens with zero attached hydrogens (tertiary/aromatic N) is 1. The Bertz CT molecular complexity index is 1140. The Morgan fingerprint density at radius 1 is 1.00 bits per heavy atom. The summed E-state index contributed by atoms with van der Waals surface area (Å²) in [4.78, 5) is 28.1.